The van der Waals surface area contributed by atoms with Crippen molar-refractivity contribution in [2.45, 2.75) is 45.4 Å². The lowest BCUT2D eigenvalue weighted by Crippen LogP contribution is -2.11. The van der Waals surface area contributed by atoms with Crippen LogP contribution in [0.25, 0.3) is 0 Å². The van der Waals surface area contributed by atoms with Crippen LogP contribution in [0.1, 0.15) is 45.4 Å². The normalized spacial score (nSPS) is 26.5. The molecular formula is C11H17Cl. The summed E-state index contributed by atoms with van der Waals surface area (Å²) >= 11 is 5.78. The first kappa shape index (κ1) is 8.62. The molecule has 0 atom stereocenters. The van der Waals surface area contributed by atoms with Crippen LogP contribution in [0.15, 0.2) is 11.1 Å². The number of hydrogen-bond acceptors (Lipinski definition) is 0. The standard InChI is InChI=1S/C11H17Cl/c1-9-10(4-8-12)3-2-5-11(9)6-7-11/h2-8H2,1H3. The molecule has 0 aromatic heterocycles. The largest absolute Gasteiger partial charge is 0.126 e. The predicted octanol–water partition coefficient (Wildman–Crippen LogP) is 3.90. The summed E-state index contributed by atoms with van der Waals surface area (Å²) in [6.45, 7) is 2.34. The van der Waals surface area contributed by atoms with Crippen LogP contribution in [0.3, 0.4) is 0 Å². The van der Waals surface area contributed by atoms with Gasteiger partial charge in [-0.2, -0.15) is 0 Å². The van der Waals surface area contributed by atoms with Crippen molar-refractivity contribution in [3.05, 3.63) is 11.1 Å². The molecule has 2 aliphatic rings. The lowest BCUT2D eigenvalue weighted by Gasteiger charge is -2.26. The summed E-state index contributed by atoms with van der Waals surface area (Å²) in [4.78, 5) is 0. The highest BCUT2D eigenvalue weighted by Gasteiger charge is 2.45. The third kappa shape index (κ3) is 1.31. The molecule has 0 heterocycles. The molecule has 0 radical (unpaired) electrons. The maximum absolute atomic E-state index is 5.78. The molecule has 2 rings (SSSR count). The molecule has 0 aliphatic heterocycles. The summed E-state index contributed by atoms with van der Waals surface area (Å²) in [5.41, 5.74) is 4.06. The molecule has 1 fully saturated rings. The van der Waals surface area contributed by atoms with Gasteiger partial charge in [0.05, 0.1) is 0 Å². The average Bonchev–Trinajstić information content (AvgIpc) is 2.81. The Morgan fingerprint density at radius 3 is 2.67 bits per heavy atom. The van der Waals surface area contributed by atoms with Gasteiger partial charge in [0.25, 0.3) is 0 Å². The first-order valence-electron chi connectivity index (χ1n) is 5.04. The smallest absolute Gasteiger partial charge is 0.0260 e. The van der Waals surface area contributed by atoms with Gasteiger partial charge in [0.1, 0.15) is 0 Å². The van der Waals surface area contributed by atoms with Crippen LogP contribution in [-0.4, -0.2) is 5.88 Å². The van der Waals surface area contributed by atoms with Crippen LogP contribution in [0.4, 0.5) is 0 Å². The summed E-state index contributed by atoms with van der Waals surface area (Å²) in [5.74, 6) is 0.808. The van der Waals surface area contributed by atoms with Gasteiger partial charge in [-0.05, 0) is 50.9 Å². The maximum atomic E-state index is 5.78. The molecule has 0 bridgehead atoms. The van der Waals surface area contributed by atoms with E-state index in [1.54, 1.807) is 11.1 Å². The molecule has 0 nitrogen and oxygen atoms in total. The summed E-state index contributed by atoms with van der Waals surface area (Å²) < 4.78 is 0. The summed E-state index contributed by atoms with van der Waals surface area (Å²) in [6.07, 6.45) is 8.21. The molecule has 0 saturated heterocycles. The summed E-state index contributed by atoms with van der Waals surface area (Å²) in [7, 11) is 0. The molecule has 68 valence electrons. The zero-order valence-electron chi connectivity index (χ0n) is 7.83. The second kappa shape index (κ2) is 3.06. The van der Waals surface area contributed by atoms with E-state index in [1.165, 1.54) is 32.1 Å². The highest BCUT2D eigenvalue weighted by Crippen LogP contribution is 2.59. The second-order valence-electron chi connectivity index (χ2n) is 4.30. The van der Waals surface area contributed by atoms with E-state index in [1.807, 2.05) is 0 Å². The SMILES string of the molecule is CC1=C(CCCl)CCCC12CC2. The van der Waals surface area contributed by atoms with Gasteiger partial charge in [0.15, 0.2) is 0 Å². The first-order chi connectivity index (χ1) is 5.78. The van der Waals surface area contributed by atoms with Gasteiger partial charge in [-0.3, -0.25) is 0 Å². The van der Waals surface area contributed by atoms with E-state index in [0.717, 1.165) is 12.3 Å². The Hall–Kier alpha value is 0.0300. The van der Waals surface area contributed by atoms with Crippen molar-refractivity contribution in [2.24, 2.45) is 5.41 Å². The van der Waals surface area contributed by atoms with Gasteiger partial charge in [-0.25, -0.2) is 0 Å². The fourth-order valence-electron chi connectivity index (χ4n) is 2.59. The molecule has 0 unspecified atom stereocenters. The maximum Gasteiger partial charge on any atom is 0.0260 e. The number of alkyl halides is 1. The molecule has 2 aliphatic carbocycles. The summed E-state index contributed by atoms with van der Waals surface area (Å²) in [5, 5.41) is 0. The molecule has 0 aromatic rings. The number of hydrogen-bond donors (Lipinski definition) is 0. The van der Waals surface area contributed by atoms with Crippen LogP contribution < -0.4 is 0 Å². The zero-order chi connectivity index (χ0) is 8.60. The predicted molar refractivity (Wildman–Crippen MR) is 53.6 cm³/mol. The van der Waals surface area contributed by atoms with Crippen molar-refractivity contribution in [2.75, 3.05) is 5.88 Å². The van der Waals surface area contributed by atoms with Crippen molar-refractivity contribution in [3.63, 3.8) is 0 Å². The third-order valence-corrected chi connectivity index (χ3v) is 3.90. The molecule has 0 N–H and O–H groups in total. The quantitative estimate of drug-likeness (QED) is 0.451. The lowest BCUT2D eigenvalue weighted by molar-refractivity contribution is 0.476. The highest BCUT2D eigenvalue weighted by atomic mass is 35.5. The molecule has 12 heavy (non-hydrogen) atoms. The summed E-state index contributed by atoms with van der Waals surface area (Å²) in [6, 6.07) is 0. The Kier molecular flexibility index (Phi) is 2.20. The highest BCUT2D eigenvalue weighted by molar-refractivity contribution is 6.18. The fourth-order valence-corrected chi connectivity index (χ4v) is 2.82. The van der Waals surface area contributed by atoms with Crippen molar-refractivity contribution in [1.29, 1.82) is 0 Å². The minimum absolute atomic E-state index is 0.680. The lowest BCUT2D eigenvalue weighted by atomic mass is 9.80. The molecule has 0 aromatic carbocycles. The Labute approximate surface area is 80.0 Å². The Morgan fingerprint density at radius 1 is 1.33 bits per heavy atom. The van der Waals surface area contributed by atoms with Gasteiger partial charge in [-0.15, -0.1) is 11.6 Å². The fraction of sp³-hybridized carbons (Fsp3) is 0.818. The van der Waals surface area contributed by atoms with Crippen LogP contribution in [0.2, 0.25) is 0 Å². The molecule has 1 spiro atoms. The number of halogens is 1. The van der Waals surface area contributed by atoms with Crippen molar-refractivity contribution in [3.8, 4) is 0 Å². The van der Waals surface area contributed by atoms with Crippen LogP contribution in [0, 0.1) is 5.41 Å². The van der Waals surface area contributed by atoms with Crippen LogP contribution in [0.5, 0.6) is 0 Å². The molecular weight excluding hydrogens is 168 g/mol. The first-order valence-corrected chi connectivity index (χ1v) is 5.57. The zero-order valence-corrected chi connectivity index (χ0v) is 8.58. The molecule has 1 heteroatoms. The van der Waals surface area contributed by atoms with Gasteiger partial charge >= 0.3 is 0 Å². The monoisotopic (exact) mass is 184 g/mol. The van der Waals surface area contributed by atoms with Gasteiger partial charge < -0.3 is 0 Å². The van der Waals surface area contributed by atoms with Crippen molar-refractivity contribution in [1.82, 2.24) is 0 Å². The second-order valence-corrected chi connectivity index (χ2v) is 4.68. The van der Waals surface area contributed by atoms with E-state index in [9.17, 15) is 0 Å². The Morgan fingerprint density at radius 2 is 2.08 bits per heavy atom. The van der Waals surface area contributed by atoms with Gasteiger partial charge in [-0.1, -0.05) is 11.1 Å². The number of rotatable bonds is 2. The van der Waals surface area contributed by atoms with Crippen LogP contribution >= 0.6 is 11.6 Å². The average molecular weight is 185 g/mol. The molecule has 1 saturated carbocycles. The van der Waals surface area contributed by atoms with E-state index >= 15 is 0 Å². The minimum Gasteiger partial charge on any atom is -0.126 e. The van der Waals surface area contributed by atoms with E-state index in [2.05, 4.69) is 6.92 Å². The Bertz CT molecular complexity index is 211. The van der Waals surface area contributed by atoms with E-state index < -0.39 is 0 Å². The molecule has 0 amide bonds. The van der Waals surface area contributed by atoms with Gasteiger partial charge in [0.2, 0.25) is 0 Å². The van der Waals surface area contributed by atoms with E-state index in [-0.39, 0.29) is 0 Å². The van der Waals surface area contributed by atoms with Crippen molar-refractivity contribution < 1.29 is 0 Å². The number of allylic oxidation sites excluding steroid dienone is 2. The van der Waals surface area contributed by atoms with Crippen molar-refractivity contribution >= 4 is 11.6 Å². The Balaban J connectivity index is 2.17. The van der Waals surface area contributed by atoms with Crippen LogP contribution in [-0.2, 0) is 0 Å². The van der Waals surface area contributed by atoms with E-state index in [0.29, 0.717) is 5.41 Å². The van der Waals surface area contributed by atoms with E-state index in [4.69, 9.17) is 11.6 Å². The minimum atomic E-state index is 0.680. The van der Waals surface area contributed by atoms with Gasteiger partial charge in [0, 0.05) is 5.88 Å². The third-order valence-electron chi connectivity index (χ3n) is 3.71. The topological polar surface area (TPSA) is 0 Å².